The lowest BCUT2D eigenvalue weighted by molar-refractivity contribution is -0.125. The molecule has 1 aromatic carbocycles. The zero-order valence-electron chi connectivity index (χ0n) is 14.7. The van der Waals surface area contributed by atoms with E-state index >= 15 is 0 Å². The van der Waals surface area contributed by atoms with Gasteiger partial charge in [0.2, 0.25) is 5.91 Å². The maximum absolute atomic E-state index is 12.5. The molecule has 0 unspecified atom stereocenters. The fourth-order valence-electron chi connectivity index (χ4n) is 3.10. The predicted molar refractivity (Wildman–Crippen MR) is 97.4 cm³/mol. The Morgan fingerprint density at radius 2 is 2.08 bits per heavy atom. The van der Waals surface area contributed by atoms with E-state index in [0.29, 0.717) is 13.1 Å². The minimum atomic E-state index is -0.136. The van der Waals surface area contributed by atoms with Crippen molar-refractivity contribution in [2.75, 3.05) is 18.0 Å². The third-order valence-electron chi connectivity index (χ3n) is 4.70. The first-order chi connectivity index (χ1) is 12.0. The summed E-state index contributed by atoms with van der Waals surface area (Å²) in [7, 11) is 1.63. The molecular formula is C19H24N4O2. The van der Waals surface area contributed by atoms with Crippen LogP contribution in [0.15, 0.2) is 41.3 Å². The van der Waals surface area contributed by atoms with Gasteiger partial charge in [0, 0.05) is 32.7 Å². The second-order valence-corrected chi connectivity index (χ2v) is 6.66. The van der Waals surface area contributed by atoms with Crippen molar-refractivity contribution in [3.8, 4) is 0 Å². The highest BCUT2D eigenvalue weighted by atomic mass is 16.2. The van der Waals surface area contributed by atoms with Gasteiger partial charge in [0.05, 0.1) is 17.8 Å². The van der Waals surface area contributed by atoms with Gasteiger partial charge in [0.25, 0.3) is 5.56 Å². The average Bonchev–Trinajstić information content (AvgIpc) is 2.63. The highest BCUT2D eigenvalue weighted by molar-refractivity contribution is 5.79. The van der Waals surface area contributed by atoms with E-state index in [1.54, 1.807) is 19.3 Å². The van der Waals surface area contributed by atoms with Crippen molar-refractivity contribution in [1.82, 2.24) is 15.1 Å². The van der Waals surface area contributed by atoms with E-state index in [1.807, 2.05) is 31.2 Å². The first kappa shape index (κ1) is 17.2. The number of nitrogens with one attached hydrogen (secondary N) is 1. The smallest absolute Gasteiger partial charge is 0.268 e. The molecule has 0 spiro atoms. The minimum Gasteiger partial charge on any atom is -0.369 e. The number of hydrogen-bond donors (Lipinski definition) is 1. The second-order valence-electron chi connectivity index (χ2n) is 6.66. The van der Waals surface area contributed by atoms with E-state index in [4.69, 9.17) is 0 Å². The molecule has 6 heteroatoms. The summed E-state index contributed by atoms with van der Waals surface area (Å²) in [4.78, 5) is 26.4. The molecule has 6 nitrogen and oxygen atoms in total. The van der Waals surface area contributed by atoms with E-state index in [9.17, 15) is 9.59 Å². The van der Waals surface area contributed by atoms with Gasteiger partial charge in [-0.25, -0.2) is 4.68 Å². The van der Waals surface area contributed by atoms with Crippen molar-refractivity contribution in [3.63, 3.8) is 0 Å². The van der Waals surface area contributed by atoms with Crippen LogP contribution < -0.4 is 15.8 Å². The Balaban J connectivity index is 1.60. The summed E-state index contributed by atoms with van der Waals surface area (Å²) in [5, 5.41) is 7.10. The molecule has 3 rings (SSSR count). The lowest BCUT2D eigenvalue weighted by Gasteiger charge is -2.33. The minimum absolute atomic E-state index is 0.0664. The summed E-state index contributed by atoms with van der Waals surface area (Å²) in [5.74, 6) is 0.00493. The summed E-state index contributed by atoms with van der Waals surface area (Å²) in [6, 6.07) is 9.75. The largest absolute Gasteiger partial charge is 0.369 e. The lowest BCUT2D eigenvalue weighted by atomic mass is 9.96. The third-order valence-corrected chi connectivity index (χ3v) is 4.70. The molecule has 1 amide bonds. The van der Waals surface area contributed by atoms with E-state index in [-0.39, 0.29) is 17.4 Å². The third kappa shape index (κ3) is 4.26. The summed E-state index contributed by atoms with van der Waals surface area (Å²) >= 11 is 0. The van der Waals surface area contributed by atoms with Gasteiger partial charge in [-0.3, -0.25) is 9.59 Å². The number of aryl methyl sites for hydroxylation is 2. The molecule has 1 fully saturated rings. The van der Waals surface area contributed by atoms with Gasteiger partial charge in [-0.05, 0) is 25.3 Å². The van der Waals surface area contributed by atoms with Crippen LogP contribution >= 0.6 is 0 Å². The maximum atomic E-state index is 12.5. The number of benzene rings is 1. The van der Waals surface area contributed by atoms with Gasteiger partial charge in [-0.1, -0.05) is 29.8 Å². The van der Waals surface area contributed by atoms with Crippen molar-refractivity contribution < 1.29 is 4.79 Å². The SMILES string of the molecule is Cc1ccc(CNC(=O)[C@H]2CCCN(c3cnn(C)c(=O)c3)C2)cc1. The van der Waals surface area contributed by atoms with Crippen LogP contribution in [-0.2, 0) is 18.4 Å². The summed E-state index contributed by atoms with van der Waals surface area (Å²) in [5.41, 5.74) is 2.96. The number of anilines is 1. The number of hydrogen-bond acceptors (Lipinski definition) is 4. The zero-order chi connectivity index (χ0) is 17.8. The standard InChI is InChI=1S/C19H24N4O2/c1-14-5-7-15(8-6-14)11-20-19(25)16-4-3-9-23(13-16)17-10-18(24)22(2)21-12-17/h5-8,10,12,16H,3-4,9,11,13H2,1-2H3,(H,20,25)/t16-/m0/s1. The Labute approximate surface area is 147 Å². The van der Waals surface area contributed by atoms with E-state index < -0.39 is 0 Å². The van der Waals surface area contributed by atoms with Gasteiger partial charge >= 0.3 is 0 Å². The fraction of sp³-hybridized carbons (Fsp3) is 0.421. The molecule has 132 valence electrons. The zero-order valence-corrected chi connectivity index (χ0v) is 14.7. The molecule has 2 aromatic rings. The van der Waals surface area contributed by atoms with Crippen LogP contribution in [0.3, 0.4) is 0 Å². The van der Waals surface area contributed by atoms with Crippen LogP contribution in [0.4, 0.5) is 5.69 Å². The first-order valence-electron chi connectivity index (χ1n) is 8.64. The van der Waals surface area contributed by atoms with Gasteiger partial charge in [0.15, 0.2) is 0 Å². The second kappa shape index (κ2) is 7.51. The molecule has 0 bridgehead atoms. The Kier molecular flexibility index (Phi) is 5.16. The number of piperidine rings is 1. The molecule has 1 N–H and O–H groups in total. The van der Waals surface area contributed by atoms with Crippen molar-refractivity contribution in [1.29, 1.82) is 0 Å². The molecule has 1 aliphatic heterocycles. The number of nitrogens with zero attached hydrogens (tertiary/aromatic N) is 3. The monoisotopic (exact) mass is 340 g/mol. The Bertz CT molecular complexity index is 798. The van der Waals surface area contributed by atoms with Gasteiger partial charge in [-0.15, -0.1) is 0 Å². The molecule has 0 radical (unpaired) electrons. The molecule has 1 atom stereocenters. The molecule has 1 saturated heterocycles. The number of carbonyl (C=O) groups is 1. The Morgan fingerprint density at radius 1 is 1.32 bits per heavy atom. The van der Waals surface area contributed by atoms with Crippen molar-refractivity contribution >= 4 is 11.6 Å². The van der Waals surface area contributed by atoms with Crippen LogP contribution in [0, 0.1) is 12.8 Å². The summed E-state index contributed by atoms with van der Waals surface area (Å²) in [6.45, 7) is 4.05. The fourth-order valence-corrected chi connectivity index (χ4v) is 3.10. The van der Waals surface area contributed by atoms with E-state index in [2.05, 4.69) is 15.3 Å². The average molecular weight is 340 g/mol. The van der Waals surface area contributed by atoms with Crippen molar-refractivity contribution in [2.24, 2.45) is 13.0 Å². The van der Waals surface area contributed by atoms with Crippen molar-refractivity contribution in [3.05, 3.63) is 58.0 Å². The quantitative estimate of drug-likeness (QED) is 0.918. The maximum Gasteiger partial charge on any atom is 0.268 e. The molecule has 1 aliphatic rings. The molecular weight excluding hydrogens is 316 g/mol. The van der Waals surface area contributed by atoms with Gasteiger partial charge in [-0.2, -0.15) is 5.10 Å². The number of aromatic nitrogens is 2. The molecule has 1 aromatic heterocycles. The Hall–Kier alpha value is -2.63. The van der Waals surface area contributed by atoms with Crippen LogP contribution in [0.25, 0.3) is 0 Å². The highest BCUT2D eigenvalue weighted by Crippen LogP contribution is 2.21. The number of rotatable bonds is 4. The van der Waals surface area contributed by atoms with Crippen LogP contribution in [0.2, 0.25) is 0 Å². The van der Waals surface area contributed by atoms with Crippen molar-refractivity contribution in [2.45, 2.75) is 26.3 Å². The molecule has 0 aliphatic carbocycles. The highest BCUT2D eigenvalue weighted by Gasteiger charge is 2.26. The van der Waals surface area contributed by atoms with E-state index in [1.165, 1.54) is 10.2 Å². The molecule has 0 saturated carbocycles. The van der Waals surface area contributed by atoms with Crippen LogP contribution in [-0.4, -0.2) is 28.8 Å². The molecule has 25 heavy (non-hydrogen) atoms. The topological polar surface area (TPSA) is 67.2 Å². The summed E-state index contributed by atoms with van der Waals surface area (Å²) in [6.07, 6.45) is 3.49. The van der Waals surface area contributed by atoms with Gasteiger partial charge in [0.1, 0.15) is 0 Å². The normalized spacial score (nSPS) is 17.4. The molecule has 2 heterocycles. The van der Waals surface area contributed by atoms with Crippen LogP contribution in [0.5, 0.6) is 0 Å². The number of carbonyl (C=O) groups excluding carboxylic acids is 1. The number of amides is 1. The lowest BCUT2D eigenvalue weighted by Crippen LogP contribution is -2.43. The summed E-state index contributed by atoms with van der Waals surface area (Å²) < 4.78 is 1.30. The Morgan fingerprint density at radius 3 is 2.80 bits per heavy atom. The first-order valence-corrected chi connectivity index (χ1v) is 8.64. The van der Waals surface area contributed by atoms with Gasteiger partial charge < -0.3 is 10.2 Å². The van der Waals surface area contributed by atoms with E-state index in [0.717, 1.165) is 30.6 Å². The predicted octanol–water partition coefficient (Wildman–Crippen LogP) is 1.62. The van der Waals surface area contributed by atoms with Crippen LogP contribution in [0.1, 0.15) is 24.0 Å².